The number of ether oxygens (including phenoxy) is 2. The van der Waals surface area contributed by atoms with Crippen LogP contribution >= 0.6 is 11.6 Å². The summed E-state index contributed by atoms with van der Waals surface area (Å²) in [5.41, 5.74) is 0.400. The Balaban J connectivity index is 1.47. The third kappa shape index (κ3) is 4.65. The normalized spacial score (nSPS) is 19.1. The van der Waals surface area contributed by atoms with Crippen molar-refractivity contribution in [3.8, 4) is 11.5 Å². The van der Waals surface area contributed by atoms with E-state index < -0.39 is 16.1 Å². The molecule has 0 bridgehead atoms. The van der Waals surface area contributed by atoms with Crippen LogP contribution in [-0.2, 0) is 14.8 Å². The number of nitrogens with zero attached hydrogens (tertiary/aromatic N) is 1. The minimum atomic E-state index is -3.81. The van der Waals surface area contributed by atoms with Gasteiger partial charge in [-0.1, -0.05) is 24.4 Å². The Bertz CT molecular complexity index is 1020. The summed E-state index contributed by atoms with van der Waals surface area (Å²) in [6, 6.07) is 10.7. The lowest BCUT2D eigenvalue weighted by Gasteiger charge is -2.30. The van der Waals surface area contributed by atoms with E-state index in [2.05, 4.69) is 4.72 Å². The number of hydrogen-bond acceptors (Lipinski definition) is 5. The lowest BCUT2D eigenvalue weighted by atomic mass is 10.2. The summed E-state index contributed by atoms with van der Waals surface area (Å²) in [5.74, 6) is 0.581. The van der Waals surface area contributed by atoms with Gasteiger partial charge >= 0.3 is 0 Å². The molecule has 4 rings (SSSR count). The number of halogens is 1. The van der Waals surface area contributed by atoms with E-state index in [1.54, 1.807) is 24.3 Å². The number of nitrogens with one attached hydrogen (secondary N) is 1. The number of anilines is 1. The highest BCUT2D eigenvalue weighted by Crippen LogP contribution is 2.35. The fraction of sp³-hybridized carbons (Fsp3) is 0.381. The average Bonchev–Trinajstić information content (AvgIpc) is 3.03. The van der Waals surface area contributed by atoms with E-state index in [-0.39, 0.29) is 17.4 Å². The first-order chi connectivity index (χ1) is 14.4. The van der Waals surface area contributed by atoms with Crippen LogP contribution in [0, 0.1) is 0 Å². The Kier molecular flexibility index (Phi) is 6.06. The minimum absolute atomic E-state index is 0.0390. The van der Waals surface area contributed by atoms with Crippen LogP contribution in [-0.4, -0.2) is 45.0 Å². The molecule has 1 amide bonds. The predicted octanol–water partition coefficient (Wildman–Crippen LogP) is 3.68. The molecule has 0 radical (unpaired) electrons. The van der Waals surface area contributed by atoms with Crippen LogP contribution in [0.15, 0.2) is 47.4 Å². The molecule has 1 saturated heterocycles. The van der Waals surface area contributed by atoms with E-state index in [1.165, 1.54) is 18.2 Å². The van der Waals surface area contributed by atoms with Gasteiger partial charge < -0.3 is 14.4 Å². The second-order valence-corrected chi connectivity index (χ2v) is 9.50. The topological polar surface area (TPSA) is 84.9 Å². The van der Waals surface area contributed by atoms with Crippen molar-refractivity contribution in [1.82, 2.24) is 4.90 Å². The molecule has 2 heterocycles. The van der Waals surface area contributed by atoms with Gasteiger partial charge in [0.1, 0.15) is 6.61 Å². The molecule has 1 atom stereocenters. The number of sulfonamides is 1. The van der Waals surface area contributed by atoms with Gasteiger partial charge in [0, 0.05) is 29.9 Å². The highest BCUT2D eigenvalue weighted by atomic mass is 35.5. The van der Waals surface area contributed by atoms with Crippen LogP contribution in [0.5, 0.6) is 11.5 Å². The quantitative estimate of drug-likeness (QED) is 0.768. The number of fused-ring (bicyclic) bond motifs is 1. The summed E-state index contributed by atoms with van der Waals surface area (Å²) in [6.07, 6.45) is 3.55. The SMILES string of the molecule is O=C([C@@H]1COc2cc(S(=O)(=O)Nc3ccc(Cl)cc3)ccc2O1)N1CCCCCC1. The summed E-state index contributed by atoms with van der Waals surface area (Å²) < 4.78 is 39.4. The van der Waals surface area contributed by atoms with Gasteiger partial charge in [-0.3, -0.25) is 9.52 Å². The Hall–Kier alpha value is -2.45. The zero-order chi connectivity index (χ0) is 21.1. The van der Waals surface area contributed by atoms with Gasteiger partial charge in [0.25, 0.3) is 15.9 Å². The fourth-order valence-electron chi connectivity index (χ4n) is 3.57. The summed E-state index contributed by atoms with van der Waals surface area (Å²) in [4.78, 5) is 14.6. The van der Waals surface area contributed by atoms with Crippen molar-refractivity contribution in [2.75, 3.05) is 24.4 Å². The van der Waals surface area contributed by atoms with Crippen LogP contribution in [0.4, 0.5) is 5.69 Å². The van der Waals surface area contributed by atoms with Crippen LogP contribution in [0.25, 0.3) is 0 Å². The van der Waals surface area contributed by atoms with Crippen molar-refractivity contribution >= 4 is 33.2 Å². The maximum atomic E-state index is 12.8. The van der Waals surface area contributed by atoms with Gasteiger partial charge in [0.2, 0.25) is 6.10 Å². The summed E-state index contributed by atoms with van der Waals surface area (Å²) in [5, 5.41) is 0.515. The number of hydrogen-bond donors (Lipinski definition) is 1. The molecule has 9 heteroatoms. The molecule has 1 fully saturated rings. The van der Waals surface area contributed by atoms with Gasteiger partial charge in [-0.2, -0.15) is 0 Å². The molecule has 2 aromatic carbocycles. The molecule has 0 aliphatic carbocycles. The molecule has 2 aliphatic heterocycles. The maximum absolute atomic E-state index is 12.8. The molecule has 160 valence electrons. The molecule has 7 nitrogen and oxygen atoms in total. The van der Waals surface area contributed by atoms with Crippen LogP contribution in [0.2, 0.25) is 5.02 Å². The maximum Gasteiger partial charge on any atom is 0.267 e. The molecular weight excluding hydrogens is 428 g/mol. The van der Waals surface area contributed by atoms with Crippen molar-refractivity contribution in [3.63, 3.8) is 0 Å². The van der Waals surface area contributed by atoms with Crippen molar-refractivity contribution in [3.05, 3.63) is 47.5 Å². The molecule has 0 unspecified atom stereocenters. The highest BCUT2D eigenvalue weighted by molar-refractivity contribution is 7.92. The first-order valence-corrected chi connectivity index (χ1v) is 11.8. The summed E-state index contributed by atoms with van der Waals surface area (Å²) in [6.45, 7) is 1.52. The Labute approximate surface area is 181 Å². The van der Waals surface area contributed by atoms with E-state index >= 15 is 0 Å². The average molecular weight is 451 g/mol. The molecule has 30 heavy (non-hydrogen) atoms. The first kappa shape index (κ1) is 20.8. The number of carbonyl (C=O) groups excluding carboxylic acids is 1. The van der Waals surface area contributed by atoms with E-state index in [9.17, 15) is 13.2 Å². The van der Waals surface area contributed by atoms with Crippen molar-refractivity contribution in [2.45, 2.75) is 36.7 Å². The summed E-state index contributed by atoms with van der Waals surface area (Å²) in [7, 11) is -3.81. The molecular formula is C21H23ClN2O5S. The molecule has 2 aliphatic rings. The Morgan fingerprint density at radius 2 is 1.70 bits per heavy atom. The minimum Gasteiger partial charge on any atom is -0.485 e. The summed E-state index contributed by atoms with van der Waals surface area (Å²) >= 11 is 5.84. The van der Waals surface area contributed by atoms with Gasteiger partial charge in [-0.15, -0.1) is 0 Å². The number of amides is 1. The third-order valence-electron chi connectivity index (χ3n) is 5.17. The van der Waals surface area contributed by atoms with E-state index in [0.29, 0.717) is 22.2 Å². The van der Waals surface area contributed by atoms with Crippen LogP contribution in [0.3, 0.4) is 0 Å². The lowest BCUT2D eigenvalue weighted by Crippen LogP contribution is -2.46. The third-order valence-corrected chi connectivity index (χ3v) is 6.81. The Morgan fingerprint density at radius 3 is 2.40 bits per heavy atom. The second-order valence-electron chi connectivity index (χ2n) is 7.38. The van der Waals surface area contributed by atoms with Gasteiger partial charge in [-0.25, -0.2) is 8.42 Å². The van der Waals surface area contributed by atoms with Gasteiger partial charge in [-0.05, 0) is 49.2 Å². The molecule has 0 spiro atoms. The van der Waals surface area contributed by atoms with Gasteiger partial charge in [0.05, 0.1) is 4.90 Å². The van der Waals surface area contributed by atoms with Crippen LogP contribution < -0.4 is 14.2 Å². The smallest absolute Gasteiger partial charge is 0.267 e. The van der Waals surface area contributed by atoms with Crippen LogP contribution in [0.1, 0.15) is 25.7 Å². The second kappa shape index (κ2) is 8.73. The zero-order valence-electron chi connectivity index (χ0n) is 16.3. The highest BCUT2D eigenvalue weighted by Gasteiger charge is 2.32. The van der Waals surface area contributed by atoms with Gasteiger partial charge in [0.15, 0.2) is 11.5 Å². The molecule has 1 N–H and O–H groups in total. The van der Waals surface area contributed by atoms with E-state index in [0.717, 1.165) is 38.8 Å². The fourth-order valence-corrected chi connectivity index (χ4v) is 4.77. The largest absolute Gasteiger partial charge is 0.485 e. The lowest BCUT2D eigenvalue weighted by molar-refractivity contribution is -0.141. The number of likely N-dealkylation sites (tertiary alicyclic amines) is 1. The number of carbonyl (C=O) groups is 1. The van der Waals surface area contributed by atoms with Crippen molar-refractivity contribution in [2.24, 2.45) is 0 Å². The number of benzene rings is 2. The predicted molar refractivity (Wildman–Crippen MR) is 114 cm³/mol. The number of rotatable bonds is 4. The molecule has 2 aromatic rings. The first-order valence-electron chi connectivity index (χ1n) is 9.93. The zero-order valence-corrected chi connectivity index (χ0v) is 17.9. The molecule has 0 aromatic heterocycles. The standard InChI is InChI=1S/C21H23ClN2O5S/c22-15-5-7-16(8-6-15)23-30(26,27)17-9-10-18-19(13-17)28-14-20(29-18)21(25)24-11-3-1-2-4-12-24/h5-10,13,20,23H,1-4,11-12,14H2/t20-/m0/s1. The van der Waals surface area contributed by atoms with E-state index in [1.807, 2.05) is 4.90 Å². The Morgan fingerprint density at radius 1 is 1.00 bits per heavy atom. The van der Waals surface area contributed by atoms with E-state index in [4.69, 9.17) is 21.1 Å². The monoisotopic (exact) mass is 450 g/mol. The van der Waals surface area contributed by atoms with Crippen molar-refractivity contribution in [1.29, 1.82) is 0 Å². The molecule has 0 saturated carbocycles. The van der Waals surface area contributed by atoms with Crippen molar-refractivity contribution < 1.29 is 22.7 Å².